The Labute approximate surface area is 132 Å². The fraction of sp³-hybridized carbons (Fsp3) is 0.118. The van der Waals surface area contributed by atoms with Crippen LogP contribution in [0, 0.1) is 0 Å². The van der Waals surface area contributed by atoms with Crippen LogP contribution in [0.2, 0.25) is 5.02 Å². The Morgan fingerprint density at radius 1 is 1.14 bits per heavy atom. The number of esters is 1. The molecule has 0 aliphatic heterocycles. The van der Waals surface area contributed by atoms with Gasteiger partial charge in [0.25, 0.3) is 0 Å². The fourth-order valence-corrected chi connectivity index (χ4v) is 2.42. The lowest BCUT2D eigenvalue weighted by atomic mass is 10.1. The van der Waals surface area contributed by atoms with E-state index in [1.165, 1.54) is 7.11 Å². The Kier molecular flexibility index (Phi) is 4.02. The molecule has 4 nitrogen and oxygen atoms in total. The van der Waals surface area contributed by atoms with E-state index < -0.39 is 0 Å². The van der Waals surface area contributed by atoms with Crippen LogP contribution in [0.3, 0.4) is 0 Å². The summed E-state index contributed by atoms with van der Waals surface area (Å²) in [7, 11) is 1.35. The first kappa shape index (κ1) is 14.5. The number of ether oxygens (including phenoxy) is 1. The molecular formula is C17H13ClN2O2. The molecule has 1 heterocycles. The van der Waals surface area contributed by atoms with Crippen LogP contribution in [-0.4, -0.2) is 23.0 Å². The molecule has 110 valence electrons. The Morgan fingerprint density at radius 2 is 1.91 bits per heavy atom. The number of fused-ring (bicyclic) bond motifs is 1. The molecule has 1 aromatic heterocycles. The van der Waals surface area contributed by atoms with Crippen LogP contribution in [0.5, 0.6) is 0 Å². The first-order valence-electron chi connectivity index (χ1n) is 6.76. The molecule has 0 bridgehead atoms. The van der Waals surface area contributed by atoms with Gasteiger partial charge in [-0.25, -0.2) is 9.97 Å². The number of hydrogen-bond acceptors (Lipinski definition) is 4. The van der Waals surface area contributed by atoms with Crippen molar-refractivity contribution in [1.82, 2.24) is 9.97 Å². The van der Waals surface area contributed by atoms with Crippen molar-refractivity contribution >= 4 is 28.5 Å². The number of methoxy groups -OCH3 is 1. The predicted octanol–water partition coefficient (Wildman–Crippen LogP) is 3.67. The summed E-state index contributed by atoms with van der Waals surface area (Å²) in [6, 6.07) is 15.2. The van der Waals surface area contributed by atoms with Gasteiger partial charge in [-0.1, -0.05) is 41.9 Å². The molecule has 0 saturated carbocycles. The van der Waals surface area contributed by atoms with E-state index in [1.807, 2.05) is 42.5 Å². The Balaban J connectivity index is 2.22. The lowest BCUT2D eigenvalue weighted by Crippen LogP contribution is -2.09. The largest absolute Gasteiger partial charge is 0.469 e. The van der Waals surface area contributed by atoms with Crippen LogP contribution < -0.4 is 0 Å². The van der Waals surface area contributed by atoms with E-state index in [0.717, 1.165) is 22.2 Å². The van der Waals surface area contributed by atoms with E-state index in [-0.39, 0.29) is 12.4 Å². The first-order chi connectivity index (χ1) is 10.7. The zero-order chi connectivity index (χ0) is 15.5. The van der Waals surface area contributed by atoms with Crippen LogP contribution in [0.15, 0.2) is 48.5 Å². The molecule has 22 heavy (non-hydrogen) atoms. The molecule has 0 amide bonds. The highest BCUT2D eigenvalue weighted by Crippen LogP contribution is 2.28. The average molecular weight is 313 g/mol. The van der Waals surface area contributed by atoms with Gasteiger partial charge in [-0.15, -0.1) is 0 Å². The van der Waals surface area contributed by atoms with Crippen molar-refractivity contribution in [1.29, 1.82) is 0 Å². The van der Waals surface area contributed by atoms with Crippen molar-refractivity contribution < 1.29 is 9.53 Å². The molecule has 2 aromatic carbocycles. The molecule has 5 heteroatoms. The minimum atomic E-state index is -0.368. The monoisotopic (exact) mass is 312 g/mol. The molecule has 0 N–H and O–H groups in total. The van der Waals surface area contributed by atoms with Crippen LogP contribution >= 0.6 is 11.6 Å². The molecule has 0 aliphatic rings. The van der Waals surface area contributed by atoms with E-state index in [0.29, 0.717) is 10.8 Å². The number of rotatable bonds is 3. The third-order valence-electron chi connectivity index (χ3n) is 3.28. The second-order valence-electron chi connectivity index (χ2n) is 4.77. The maximum absolute atomic E-state index is 11.5. The van der Waals surface area contributed by atoms with Gasteiger partial charge in [-0.3, -0.25) is 4.79 Å². The topological polar surface area (TPSA) is 52.1 Å². The van der Waals surface area contributed by atoms with Gasteiger partial charge in [-0.05, 0) is 18.2 Å². The highest BCUT2D eigenvalue weighted by molar-refractivity contribution is 6.31. The summed E-state index contributed by atoms with van der Waals surface area (Å²) < 4.78 is 4.69. The number of carbonyl (C=O) groups is 1. The van der Waals surface area contributed by atoms with Gasteiger partial charge in [0.15, 0.2) is 0 Å². The van der Waals surface area contributed by atoms with Gasteiger partial charge >= 0.3 is 5.97 Å². The molecule has 0 spiro atoms. The molecule has 3 rings (SSSR count). The average Bonchev–Trinajstić information content (AvgIpc) is 2.55. The molecule has 0 unspecified atom stereocenters. The van der Waals surface area contributed by atoms with Gasteiger partial charge in [0.2, 0.25) is 0 Å². The van der Waals surface area contributed by atoms with Crippen molar-refractivity contribution in [2.45, 2.75) is 6.42 Å². The molecule has 3 aromatic rings. The number of nitrogens with zero attached hydrogens (tertiary/aromatic N) is 2. The zero-order valence-electron chi connectivity index (χ0n) is 11.9. The van der Waals surface area contributed by atoms with E-state index in [4.69, 9.17) is 16.3 Å². The Bertz CT molecular complexity index is 835. The standard InChI is InChI=1S/C17H13ClN2O2/c1-22-16(21)10-15-19-14-8-7-12(18)9-13(14)17(20-15)11-5-3-2-4-6-11/h2-9H,10H2,1H3. The number of hydrogen-bond donors (Lipinski definition) is 0. The lowest BCUT2D eigenvalue weighted by Gasteiger charge is -2.09. The van der Waals surface area contributed by atoms with Crippen LogP contribution in [-0.2, 0) is 16.0 Å². The minimum Gasteiger partial charge on any atom is -0.469 e. The summed E-state index contributed by atoms with van der Waals surface area (Å²) in [6.07, 6.45) is 0.0366. The van der Waals surface area contributed by atoms with Crippen LogP contribution in [0.4, 0.5) is 0 Å². The van der Waals surface area contributed by atoms with E-state index in [2.05, 4.69) is 9.97 Å². The third kappa shape index (κ3) is 2.92. The van der Waals surface area contributed by atoms with Gasteiger partial charge in [0.05, 0.1) is 18.3 Å². The second kappa shape index (κ2) is 6.12. The van der Waals surface area contributed by atoms with E-state index >= 15 is 0 Å². The summed E-state index contributed by atoms with van der Waals surface area (Å²) in [6.45, 7) is 0. The molecule has 0 atom stereocenters. The fourth-order valence-electron chi connectivity index (χ4n) is 2.25. The molecule has 0 fully saturated rings. The summed E-state index contributed by atoms with van der Waals surface area (Å²) >= 11 is 6.10. The molecular weight excluding hydrogens is 300 g/mol. The number of benzene rings is 2. The third-order valence-corrected chi connectivity index (χ3v) is 3.52. The predicted molar refractivity (Wildman–Crippen MR) is 85.7 cm³/mol. The molecule has 0 saturated heterocycles. The highest BCUT2D eigenvalue weighted by Gasteiger charge is 2.13. The lowest BCUT2D eigenvalue weighted by molar-refractivity contribution is -0.139. The minimum absolute atomic E-state index is 0.0366. The van der Waals surface area contributed by atoms with Crippen LogP contribution in [0.1, 0.15) is 5.82 Å². The van der Waals surface area contributed by atoms with E-state index in [9.17, 15) is 4.79 Å². The summed E-state index contributed by atoms with van der Waals surface area (Å²) in [5.41, 5.74) is 2.45. The summed E-state index contributed by atoms with van der Waals surface area (Å²) in [5, 5.41) is 1.47. The van der Waals surface area contributed by atoms with E-state index in [1.54, 1.807) is 6.07 Å². The maximum Gasteiger partial charge on any atom is 0.313 e. The molecule has 0 aliphatic carbocycles. The van der Waals surface area contributed by atoms with Crippen LogP contribution in [0.25, 0.3) is 22.2 Å². The quantitative estimate of drug-likeness (QED) is 0.692. The van der Waals surface area contributed by atoms with Crippen molar-refractivity contribution in [2.75, 3.05) is 7.11 Å². The maximum atomic E-state index is 11.5. The zero-order valence-corrected chi connectivity index (χ0v) is 12.7. The molecule has 0 radical (unpaired) electrons. The van der Waals surface area contributed by atoms with Gasteiger partial charge in [0, 0.05) is 16.0 Å². The SMILES string of the molecule is COC(=O)Cc1nc(-c2ccccc2)c2cc(Cl)ccc2n1. The Morgan fingerprint density at radius 3 is 2.64 bits per heavy atom. The van der Waals surface area contributed by atoms with Gasteiger partial charge in [-0.2, -0.15) is 0 Å². The summed E-state index contributed by atoms with van der Waals surface area (Å²) in [4.78, 5) is 20.4. The Hall–Kier alpha value is -2.46. The number of halogens is 1. The van der Waals surface area contributed by atoms with Gasteiger partial charge in [0.1, 0.15) is 12.2 Å². The highest BCUT2D eigenvalue weighted by atomic mass is 35.5. The first-order valence-corrected chi connectivity index (χ1v) is 7.13. The van der Waals surface area contributed by atoms with Crippen molar-refractivity contribution in [3.8, 4) is 11.3 Å². The van der Waals surface area contributed by atoms with Crippen molar-refractivity contribution in [3.63, 3.8) is 0 Å². The normalized spacial score (nSPS) is 10.6. The smallest absolute Gasteiger partial charge is 0.313 e. The number of aromatic nitrogens is 2. The van der Waals surface area contributed by atoms with Gasteiger partial charge < -0.3 is 4.74 Å². The van der Waals surface area contributed by atoms with Crippen molar-refractivity contribution in [3.05, 3.63) is 59.4 Å². The van der Waals surface area contributed by atoms with Crippen molar-refractivity contribution in [2.24, 2.45) is 0 Å². The second-order valence-corrected chi connectivity index (χ2v) is 5.21. The summed E-state index contributed by atoms with van der Waals surface area (Å²) in [5.74, 6) is 0.0628. The number of carbonyl (C=O) groups excluding carboxylic acids is 1.